The molecule has 1 aliphatic rings. The summed E-state index contributed by atoms with van der Waals surface area (Å²) >= 11 is 8.97. The lowest BCUT2D eigenvalue weighted by Crippen LogP contribution is -2.34. The Kier molecular flexibility index (Phi) is 5.14. The lowest BCUT2D eigenvalue weighted by Gasteiger charge is -2.24. The molecule has 2 N–H and O–H groups in total. The van der Waals surface area contributed by atoms with Crippen LogP contribution in [0, 0.1) is 0 Å². The number of nitrogens with zero attached hydrogens (tertiary/aromatic N) is 2. The zero-order valence-corrected chi connectivity index (χ0v) is 17.2. The summed E-state index contributed by atoms with van der Waals surface area (Å²) in [6, 6.07) is 17.4. The van der Waals surface area contributed by atoms with Crippen LogP contribution in [0.2, 0.25) is 5.02 Å². The number of nitrogens with one attached hydrogen (secondary N) is 1. The molecular formula is C20H16ClN3O2S2. The van der Waals surface area contributed by atoms with E-state index in [1.54, 1.807) is 17.2 Å². The van der Waals surface area contributed by atoms with Crippen LogP contribution < -0.4 is 5.32 Å². The molecule has 142 valence electrons. The van der Waals surface area contributed by atoms with Crippen molar-refractivity contribution >= 4 is 41.1 Å². The van der Waals surface area contributed by atoms with Crippen LogP contribution in [0.15, 0.2) is 81.7 Å². The van der Waals surface area contributed by atoms with Crippen molar-refractivity contribution < 1.29 is 9.90 Å². The highest BCUT2D eigenvalue weighted by atomic mass is 35.5. The fourth-order valence-electron chi connectivity index (χ4n) is 2.82. The van der Waals surface area contributed by atoms with E-state index in [2.05, 4.69) is 5.32 Å². The molecule has 1 aliphatic heterocycles. The second-order valence-corrected chi connectivity index (χ2v) is 9.13. The molecular weight excluding hydrogens is 414 g/mol. The first-order valence-electron chi connectivity index (χ1n) is 8.43. The maximum Gasteiger partial charge on any atom is 0.352 e. The summed E-state index contributed by atoms with van der Waals surface area (Å²) in [4.78, 5) is 12.7. The average Bonchev–Trinajstić information content (AvgIpc) is 3.30. The first-order valence-corrected chi connectivity index (χ1v) is 10.5. The average molecular weight is 430 g/mol. The van der Waals surface area contributed by atoms with E-state index in [1.165, 1.54) is 11.8 Å². The van der Waals surface area contributed by atoms with E-state index in [9.17, 15) is 9.90 Å². The molecule has 0 amide bonds. The normalized spacial score (nSPS) is 18.6. The van der Waals surface area contributed by atoms with E-state index < -0.39 is 10.8 Å². The van der Waals surface area contributed by atoms with Gasteiger partial charge in [0.25, 0.3) is 0 Å². The molecule has 5 nitrogen and oxygen atoms in total. The zero-order chi connectivity index (χ0) is 19.7. The van der Waals surface area contributed by atoms with E-state index in [-0.39, 0.29) is 5.70 Å². The molecule has 2 heterocycles. The van der Waals surface area contributed by atoms with Gasteiger partial charge >= 0.3 is 5.97 Å². The van der Waals surface area contributed by atoms with Crippen molar-refractivity contribution in [2.24, 2.45) is 0 Å². The third kappa shape index (κ3) is 3.78. The van der Waals surface area contributed by atoms with Gasteiger partial charge in [-0.15, -0.1) is 0 Å². The van der Waals surface area contributed by atoms with E-state index in [1.807, 2.05) is 72.4 Å². The Morgan fingerprint density at radius 2 is 1.93 bits per heavy atom. The number of carboxylic acids is 1. The Hall–Kier alpha value is -2.35. The van der Waals surface area contributed by atoms with Crippen LogP contribution >= 0.6 is 35.1 Å². The van der Waals surface area contributed by atoms with Crippen LogP contribution in [0.25, 0.3) is 5.69 Å². The summed E-state index contributed by atoms with van der Waals surface area (Å²) in [5.74, 6) is -0.981. The number of para-hydroxylation sites is 1. The van der Waals surface area contributed by atoms with Gasteiger partial charge in [0.05, 0.1) is 10.6 Å². The van der Waals surface area contributed by atoms with Gasteiger partial charge in [0.15, 0.2) is 0 Å². The number of benzene rings is 2. The predicted molar refractivity (Wildman–Crippen MR) is 113 cm³/mol. The molecule has 0 bridgehead atoms. The van der Waals surface area contributed by atoms with Gasteiger partial charge in [-0.05, 0) is 43.3 Å². The lowest BCUT2D eigenvalue weighted by molar-refractivity contribution is -0.133. The Morgan fingerprint density at radius 1 is 1.21 bits per heavy atom. The van der Waals surface area contributed by atoms with Gasteiger partial charge in [-0.25, -0.2) is 9.48 Å². The summed E-state index contributed by atoms with van der Waals surface area (Å²) in [5, 5.41) is 19.5. The molecule has 0 saturated heterocycles. The van der Waals surface area contributed by atoms with E-state index in [4.69, 9.17) is 16.7 Å². The third-order valence-electron chi connectivity index (χ3n) is 4.21. The molecule has 0 saturated carbocycles. The lowest BCUT2D eigenvalue weighted by atomic mass is 10.2. The molecule has 3 aromatic rings. The number of hydrogen-bond donors (Lipinski definition) is 2. The minimum Gasteiger partial charge on any atom is -0.477 e. The number of carbonyl (C=O) groups is 1. The molecule has 4 rings (SSSR count). The maximum atomic E-state index is 11.4. The van der Waals surface area contributed by atoms with Gasteiger partial charge in [0.1, 0.15) is 16.3 Å². The number of halogens is 1. The molecule has 1 unspecified atom stereocenters. The maximum absolute atomic E-state index is 11.4. The zero-order valence-electron chi connectivity index (χ0n) is 14.8. The second kappa shape index (κ2) is 7.58. The standard InChI is InChI=1S/C20H16ClN3O2S2/c1-20(22-16(12-27-20)19(25)26)18-17(28-15-9-7-13(21)8-10-15)11-24(23-18)14-5-3-2-4-6-14/h2-12,22H,1H3,(H,25,26). The van der Waals surface area contributed by atoms with Crippen molar-refractivity contribution in [2.75, 3.05) is 0 Å². The Balaban J connectivity index is 1.74. The highest BCUT2D eigenvalue weighted by Crippen LogP contribution is 2.45. The van der Waals surface area contributed by atoms with E-state index in [0.717, 1.165) is 21.2 Å². The summed E-state index contributed by atoms with van der Waals surface area (Å²) in [5.41, 5.74) is 1.88. The van der Waals surface area contributed by atoms with Crippen molar-refractivity contribution in [1.82, 2.24) is 15.1 Å². The predicted octanol–water partition coefficient (Wildman–Crippen LogP) is 5.11. The summed E-state index contributed by atoms with van der Waals surface area (Å²) < 4.78 is 1.82. The van der Waals surface area contributed by atoms with Gasteiger partial charge in [-0.1, -0.05) is 53.3 Å². The smallest absolute Gasteiger partial charge is 0.352 e. The first kappa shape index (κ1) is 19.0. The van der Waals surface area contributed by atoms with Crippen molar-refractivity contribution in [3.63, 3.8) is 0 Å². The molecule has 1 atom stereocenters. The van der Waals surface area contributed by atoms with Gasteiger partial charge in [0.2, 0.25) is 0 Å². The van der Waals surface area contributed by atoms with Crippen molar-refractivity contribution in [1.29, 1.82) is 0 Å². The molecule has 2 aromatic carbocycles. The Labute approximate surface area is 175 Å². The van der Waals surface area contributed by atoms with Gasteiger partial charge in [-0.2, -0.15) is 5.10 Å². The number of thioether (sulfide) groups is 1. The van der Waals surface area contributed by atoms with Gasteiger partial charge in [0, 0.05) is 21.5 Å². The van der Waals surface area contributed by atoms with Crippen LogP contribution in [0.4, 0.5) is 0 Å². The molecule has 0 radical (unpaired) electrons. The quantitative estimate of drug-likeness (QED) is 0.587. The van der Waals surface area contributed by atoms with Crippen LogP contribution in [0.3, 0.4) is 0 Å². The molecule has 0 aliphatic carbocycles. The second-order valence-electron chi connectivity index (χ2n) is 6.29. The van der Waals surface area contributed by atoms with Crippen LogP contribution in [0.1, 0.15) is 12.6 Å². The van der Waals surface area contributed by atoms with Gasteiger partial charge in [-0.3, -0.25) is 0 Å². The van der Waals surface area contributed by atoms with Crippen molar-refractivity contribution in [2.45, 2.75) is 21.6 Å². The van der Waals surface area contributed by atoms with Crippen LogP contribution in [-0.2, 0) is 9.67 Å². The Bertz CT molecular complexity index is 1050. The summed E-state index contributed by atoms with van der Waals surface area (Å²) in [6.07, 6.45) is 1.97. The number of aromatic nitrogens is 2. The van der Waals surface area contributed by atoms with E-state index in [0.29, 0.717) is 5.02 Å². The largest absolute Gasteiger partial charge is 0.477 e. The molecule has 28 heavy (non-hydrogen) atoms. The van der Waals surface area contributed by atoms with Crippen LogP contribution in [0.5, 0.6) is 0 Å². The number of aliphatic carboxylic acids is 1. The van der Waals surface area contributed by atoms with Crippen molar-refractivity contribution in [3.05, 3.63) is 82.6 Å². The topological polar surface area (TPSA) is 67.2 Å². The monoisotopic (exact) mass is 429 g/mol. The molecule has 0 spiro atoms. The third-order valence-corrected chi connectivity index (χ3v) is 6.61. The van der Waals surface area contributed by atoms with E-state index >= 15 is 0 Å². The Morgan fingerprint density at radius 3 is 2.57 bits per heavy atom. The number of hydrogen-bond acceptors (Lipinski definition) is 5. The number of rotatable bonds is 5. The highest BCUT2D eigenvalue weighted by molar-refractivity contribution is 8.03. The fourth-order valence-corrected chi connectivity index (χ4v) is 4.97. The summed E-state index contributed by atoms with van der Waals surface area (Å²) in [6.45, 7) is 1.94. The first-order chi connectivity index (χ1) is 13.4. The van der Waals surface area contributed by atoms with Gasteiger partial charge < -0.3 is 10.4 Å². The minimum atomic E-state index is -0.981. The fraction of sp³-hybridized carbons (Fsp3) is 0.100. The number of carboxylic acid groups (broad SMARTS) is 1. The molecule has 0 fully saturated rings. The summed E-state index contributed by atoms with van der Waals surface area (Å²) in [7, 11) is 0. The SMILES string of the molecule is CC1(c2nn(-c3ccccc3)cc2Sc2ccc(Cl)cc2)NC(C(=O)O)=CS1. The molecule has 1 aromatic heterocycles. The minimum absolute atomic E-state index is 0.171. The van der Waals surface area contributed by atoms with Crippen molar-refractivity contribution in [3.8, 4) is 5.69 Å². The highest BCUT2D eigenvalue weighted by Gasteiger charge is 2.38. The molecule has 8 heteroatoms. The van der Waals surface area contributed by atoms with Crippen LogP contribution in [-0.4, -0.2) is 20.9 Å².